The Bertz CT molecular complexity index is 757. The molecule has 3 rings (SSSR count). The highest BCUT2D eigenvalue weighted by molar-refractivity contribution is 5.38. The van der Waals surface area contributed by atoms with Crippen LogP contribution in [0.15, 0.2) is 66.9 Å². The predicted molar refractivity (Wildman–Crippen MR) is 85.9 cm³/mol. The molecule has 0 radical (unpaired) electrons. The highest BCUT2D eigenvalue weighted by Gasteiger charge is 2.01. The molecule has 0 aliphatic carbocycles. The normalized spacial score (nSPS) is 10.3. The van der Waals surface area contributed by atoms with Gasteiger partial charge in [0, 0.05) is 6.07 Å². The summed E-state index contributed by atoms with van der Waals surface area (Å²) in [5.41, 5.74) is 7.06. The number of rotatable bonds is 5. The first-order valence-corrected chi connectivity index (χ1v) is 7.06. The van der Waals surface area contributed by atoms with Crippen LogP contribution in [0.1, 0.15) is 5.56 Å². The molecule has 0 amide bonds. The van der Waals surface area contributed by atoms with Crippen molar-refractivity contribution in [1.82, 2.24) is 4.98 Å². The van der Waals surface area contributed by atoms with Gasteiger partial charge in [-0.2, -0.15) is 0 Å². The zero-order valence-electron chi connectivity index (χ0n) is 12.3. The molecule has 4 nitrogen and oxygen atoms in total. The standard InChI is InChI=1S/C18H15FN2O2/c19-14-3-1-13(2-4-14)12-22-16-6-8-17(9-7-16)23-18-10-5-15(20)11-21-18/h1-11H,12,20H2. The summed E-state index contributed by atoms with van der Waals surface area (Å²) in [6.07, 6.45) is 1.54. The number of pyridine rings is 1. The van der Waals surface area contributed by atoms with E-state index >= 15 is 0 Å². The van der Waals surface area contributed by atoms with Gasteiger partial charge in [-0.25, -0.2) is 9.37 Å². The number of aromatic nitrogens is 1. The van der Waals surface area contributed by atoms with Gasteiger partial charge in [-0.15, -0.1) is 0 Å². The van der Waals surface area contributed by atoms with Gasteiger partial charge in [0.1, 0.15) is 23.9 Å². The number of benzene rings is 2. The number of anilines is 1. The zero-order valence-corrected chi connectivity index (χ0v) is 12.3. The number of nitrogens with two attached hydrogens (primary N) is 1. The van der Waals surface area contributed by atoms with Crippen LogP contribution in [0.4, 0.5) is 10.1 Å². The van der Waals surface area contributed by atoms with Gasteiger partial charge in [-0.3, -0.25) is 0 Å². The molecule has 3 aromatic rings. The van der Waals surface area contributed by atoms with Crippen LogP contribution in [0.25, 0.3) is 0 Å². The number of halogens is 1. The average Bonchev–Trinajstić information content (AvgIpc) is 2.58. The van der Waals surface area contributed by atoms with Crippen LogP contribution in [-0.2, 0) is 6.61 Å². The molecule has 1 heterocycles. The summed E-state index contributed by atoms with van der Waals surface area (Å²) >= 11 is 0. The molecule has 0 bridgehead atoms. The van der Waals surface area contributed by atoms with E-state index in [4.69, 9.17) is 15.2 Å². The Kier molecular flexibility index (Phi) is 4.38. The summed E-state index contributed by atoms with van der Waals surface area (Å²) in [6, 6.07) is 16.8. The van der Waals surface area contributed by atoms with Gasteiger partial charge in [0.2, 0.25) is 5.88 Å². The number of nitrogen functional groups attached to an aromatic ring is 1. The van der Waals surface area contributed by atoms with E-state index in [1.54, 1.807) is 48.5 Å². The maximum absolute atomic E-state index is 12.8. The number of hydrogen-bond donors (Lipinski definition) is 1. The molecule has 0 atom stereocenters. The number of ether oxygens (including phenoxy) is 2. The second kappa shape index (κ2) is 6.79. The molecule has 0 saturated heterocycles. The average molecular weight is 310 g/mol. The van der Waals surface area contributed by atoms with E-state index in [1.807, 2.05) is 0 Å². The molecular formula is C18H15FN2O2. The Morgan fingerprint density at radius 3 is 2.22 bits per heavy atom. The lowest BCUT2D eigenvalue weighted by Gasteiger charge is -2.08. The van der Waals surface area contributed by atoms with Crippen molar-refractivity contribution in [3.05, 3.63) is 78.2 Å². The fourth-order valence-corrected chi connectivity index (χ4v) is 1.92. The minimum Gasteiger partial charge on any atom is -0.489 e. The van der Waals surface area contributed by atoms with Crippen molar-refractivity contribution in [3.63, 3.8) is 0 Å². The molecule has 2 N–H and O–H groups in total. The van der Waals surface area contributed by atoms with Crippen LogP contribution in [-0.4, -0.2) is 4.98 Å². The summed E-state index contributed by atoms with van der Waals surface area (Å²) in [6.45, 7) is 0.375. The monoisotopic (exact) mass is 310 g/mol. The molecular weight excluding hydrogens is 295 g/mol. The minimum atomic E-state index is -0.258. The maximum atomic E-state index is 12.8. The van der Waals surface area contributed by atoms with Crippen LogP contribution in [0.3, 0.4) is 0 Å². The number of hydrogen-bond acceptors (Lipinski definition) is 4. The van der Waals surface area contributed by atoms with Crippen molar-refractivity contribution in [2.45, 2.75) is 6.61 Å². The molecule has 0 aliphatic heterocycles. The lowest BCUT2D eigenvalue weighted by atomic mass is 10.2. The molecule has 23 heavy (non-hydrogen) atoms. The largest absolute Gasteiger partial charge is 0.489 e. The summed E-state index contributed by atoms with van der Waals surface area (Å²) in [5.74, 6) is 1.56. The molecule has 116 valence electrons. The first-order chi connectivity index (χ1) is 11.2. The fraction of sp³-hybridized carbons (Fsp3) is 0.0556. The van der Waals surface area contributed by atoms with Crippen LogP contribution in [0, 0.1) is 5.82 Å². The van der Waals surface area contributed by atoms with E-state index in [1.165, 1.54) is 18.3 Å². The summed E-state index contributed by atoms with van der Waals surface area (Å²) in [7, 11) is 0. The zero-order chi connectivity index (χ0) is 16.1. The molecule has 0 saturated carbocycles. The molecule has 0 unspecified atom stereocenters. The smallest absolute Gasteiger partial charge is 0.219 e. The van der Waals surface area contributed by atoms with Crippen LogP contribution in [0.5, 0.6) is 17.4 Å². The van der Waals surface area contributed by atoms with Gasteiger partial charge < -0.3 is 15.2 Å². The molecule has 0 aliphatic rings. The van der Waals surface area contributed by atoms with E-state index < -0.39 is 0 Å². The van der Waals surface area contributed by atoms with Crippen molar-refractivity contribution in [2.75, 3.05) is 5.73 Å². The van der Waals surface area contributed by atoms with Crippen molar-refractivity contribution in [3.8, 4) is 17.4 Å². The topological polar surface area (TPSA) is 57.4 Å². The first kappa shape index (κ1) is 14.8. The lowest BCUT2D eigenvalue weighted by Crippen LogP contribution is -1.95. The summed E-state index contributed by atoms with van der Waals surface area (Å²) < 4.78 is 24.1. The van der Waals surface area contributed by atoms with E-state index in [2.05, 4.69) is 4.98 Å². The van der Waals surface area contributed by atoms with Crippen LogP contribution < -0.4 is 15.2 Å². The highest BCUT2D eigenvalue weighted by Crippen LogP contribution is 2.23. The summed E-state index contributed by atoms with van der Waals surface area (Å²) in [4.78, 5) is 4.07. The third kappa shape index (κ3) is 4.20. The van der Waals surface area contributed by atoms with Crippen molar-refractivity contribution in [1.29, 1.82) is 0 Å². The Labute approximate surface area is 133 Å². The Morgan fingerprint density at radius 2 is 1.57 bits per heavy atom. The molecule has 1 aromatic heterocycles. The lowest BCUT2D eigenvalue weighted by molar-refractivity contribution is 0.305. The SMILES string of the molecule is Nc1ccc(Oc2ccc(OCc3ccc(F)cc3)cc2)nc1. The van der Waals surface area contributed by atoms with Gasteiger partial charge in [0.15, 0.2) is 0 Å². The Hall–Kier alpha value is -3.08. The maximum Gasteiger partial charge on any atom is 0.219 e. The minimum absolute atomic E-state index is 0.258. The van der Waals surface area contributed by atoms with Gasteiger partial charge in [-0.05, 0) is 48.0 Å². The van der Waals surface area contributed by atoms with Gasteiger partial charge in [0.25, 0.3) is 0 Å². The van der Waals surface area contributed by atoms with Crippen LogP contribution >= 0.6 is 0 Å². The number of nitrogens with zero attached hydrogens (tertiary/aromatic N) is 1. The second-order valence-electron chi connectivity index (χ2n) is 4.92. The van der Waals surface area contributed by atoms with Crippen molar-refractivity contribution >= 4 is 5.69 Å². The molecule has 0 spiro atoms. The third-order valence-electron chi connectivity index (χ3n) is 3.12. The fourth-order valence-electron chi connectivity index (χ4n) is 1.92. The highest BCUT2D eigenvalue weighted by atomic mass is 19.1. The van der Waals surface area contributed by atoms with Gasteiger partial charge in [0.05, 0.1) is 11.9 Å². The third-order valence-corrected chi connectivity index (χ3v) is 3.12. The summed E-state index contributed by atoms with van der Waals surface area (Å²) in [5, 5.41) is 0. The van der Waals surface area contributed by atoms with Crippen LogP contribution in [0.2, 0.25) is 0 Å². The molecule has 5 heteroatoms. The first-order valence-electron chi connectivity index (χ1n) is 7.06. The molecule has 2 aromatic carbocycles. The molecule has 0 fully saturated rings. The van der Waals surface area contributed by atoms with Crippen molar-refractivity contribution < 1.29 is 13.9 Å². The Balaban J connectivity index is 1.58. The van der Waals surface area contributed by atoms with Gasteiger partial charge >= 0.3 is 0 Å². The van der Waals surface area contributed by atoms with Gasteiger partial charge in [-0.1, -0.05) is 12.1 Å². The Morgan fingerprint density at radius 1 is 0.870 bits per heavy atom. The van der Waals surface area contributed by atoms with Crippen molar-refractivity contribution in [2.24, 2.45) is 0 Å². The predicted octanol–water partition coefficient (Wildman–Crippen LogP) is 4.17. The second-order valence-corrected chi connectivity index (χ2v) is 4.92. The quantitative estimate of drug-likeness (QED) is 0.768. The van der Waals surface area contributed by atoms with E-state index in [0.29, 0.717) is 29.7 Å². The van der Waals surface area contributed by atoms with E-state index in [0.717, 1.165) is 5.56 Å². The van der Waals surface area contributed by atoms with E-state index in [-0.39, 0.29) is 5.82 Å². The van der Waals surface area contributed by atoms with E-state index in [9.17, 15) is 4.39 Å².